The van der Waals surface area contributed by atoms with E-state index in [4.69, 9.17) is 0 Å². The predicted molar refractivity (Wildman–Crippen MR) is 80.0 cm³/mol. The molecule has 2 aromatic heterocycles. The van der Waals surface area contributed by atoms with Crippen molar-refractivity contribution in [2.45, 2.75) is 20.3 Å². The molecule has 0 saturated carbocycles. The molecule has 3 aromatic rings. The molecular formula is C15H14N2O2S. The van der Waals surface area contributed by atoms with Crippen molar-refractivity contribution < 1.29 is 9.90 Å². The van der Waals surface area contributed by atoms with Gasteiger partial charge >= 0.3 is 5.97 Å². The summed E-state index contributed by atoms with van der Waals surface area (Å²) in [6.45, 7) is 3.90. The van der Waals surface area contributed by atoms with Crippen LogP contribution in [0.5, 0.6) is 0 Å². The maximum Gasteiger partial charge on any atom is 0.346 e. The van der Waals surface area contributed by atoms with Gasteiger partial charge in [-0.15, -0.1) is 11.3 Å². The molecule has 0 aliphatic heterocycles. The van der Waals surface area contributed by atoms with Gasteiger partial charge in [0.1, 0.15) is 9.71 Å². The van der Waals surface area contributed by atoms with Crippen molar-refractivity contribution in [3.8, 4) is 5.69 Å². The molecule has 0 aliphatic carbocycles. The highest BCUT2D eigenvalue weighted by atomic mass is 32.1. The van der Waals surface area contributed by atoms with E-state index in [2.05, 4.69) is 5.10 Å². The van der Waals surface area contributed by atoms with Crippen molar-refractivity contribution in [3.05, 3.63) is 46.5 Å². The second-order valence-electron chi connectivity index (χ2n) is 4.59. The van der Waals surface area contributed by atoms with E-state index in [0.29, 0.717) is 4.88 Å². The first-order valence-electron chi connectivity index (χ1n) is 6.43. The number of nitrogens with zero attached hydrogens (tertiary/aromatic N) is 2. The molecule has 0 fully saturated rings. The number of fused-ring (bicyclic) bond motifs is 1. The van der Waals surface area contributed by atoms with Crippen molar-refractivity contribution in [1.82, 2.24) is 9.78 Å². The van der Waals surface area contributed by atoms with Crippen LogP contribution in [0, 0.1) is 6.92 Å². The molecule has 2 heterocycles. The van der Waals surface area contributed by atoms with Crippen LogP contribution in [-0.4, -0.2) is 20.9 Å². The largest absolute Gasteiger partial charge is 0.477 e. The summed E-state index contributed by atoms with van der Waals surface area (Å²) in [7, 11) is 0. The molecule has 0 amide bonds. The number of benzene rings is 1. The maximum absolute atomic E-state index is 11.3. The number of aromatic nitrogens is 2. The van der Waals surface area contributed by atoms with Crippen molar-refractivity contribution >= 4 is 27.5 Å². The number of aryl methyl sites for hydroxylation is 2. The molecule has 0 aliphatic rings. The van der Waals surface area contributed by atoms with E-state index in [1.54, 1.807) is 0 Å². The lowest BCUT2D eigenvalue weighted by atomic mass is 10.1. The van der Waals surface area contributed by atoms with Crippen LogP contribution in [0.15, 0.2) is 30.3 Å². The third-order valence-corrected chi connectivity index (χ3v) is 4.62. The highest BCUT2D eigenvalue weighted by Gasteiger charge is 2.21. The molecule has 4 nitrogen and oxygen atoms in total. The van der Waals surface area contributed by atoms with Crippen LogP contribution in [0.2, 0.25) is 0 Å². The van der Waals surface area contributed by atoms with Gasteiger partial charge in [0.2, 0.25) is 0 Å². The average Bonchev–Trinajstić information content (AvgIpc) is 2.98. The number of carboxylic acids is 1. The Morgan fingerprint density at radius 2 is 2.05 bits per heavy atom. The molecule has 0 radical (unpaired) electrons. The van der Waals surface area contributed by atoms with Gasteiger partial charge in [0, 0.05) is 5.39 Å². The number of thiophene rings is 1. The zero-order chi connectivity index (χ0) is 14.3. The van der Waals surface area contributed by atoms with E-state index >= 15 is 0 Å². The minimum Gasteiger partial charge on any atom is -0.477 e. The van der Waals surface area contributed by atoms with Crippen LogP contribution in [-0.2, 0) is 6.42 Å². The number of hydrogen-bond donors (Lipinski definition) is 1. The molecular weight excluding hydrogens is 272 g/mol. The van der Waals surface area contributed by atoms with Gasteiger partial charge in [-0.3, -0.25) is 0 Å². The lowest BCUT2D eigenvalue weighted by Gasteiger charge is -2.00. The Bertz CT molecular complexity index is 787. The highest BCUT2D eigenvalue weighted by molar-refractivity contribution is 7.20. The van der Waals surface area contributed by atoms with E-state index in [-0.39, 0.29) is 0 Å². The maximum atomic E-state index is 11.3. The Balaban J connectivity index is 2.34. The van der Waals surface area contributed by atoms with Gasteiger partial charge < -0.3 is 5.11 Å². The number of carboxylic acid groups (broad SMARTS) is 1. The summed E-state index contributed by atoms with van der Waals surface area (Å²) < 4.78 is 1.85. The molecule has 102 valence electrons. The molecule has 0 spiro atoms. The summed E-state index contributed by atoms with van der Waals surface area (Å²) in [5.74, 6) is -0.870. The summed E-state index contributed by atoms with van der Waals surface area (Å²) >= 11 is 1.29. The molecule has 5 heteroatoms. The van der Waals surface area contributed by atoms with Gasteiger partial charge in [0.05, 0.1) is 11.4 Å². The fourth-order valence-corrected chi connectivity index (χ4v) is 3.54. The van der Waals surface area contributed by atoms with Gasteiger partial charge in [-0.25, -0.2) is 9.48 Å². The van der Waals surface area contributed by atoms with Crippen molar-refractivity contribution in [3.63, 3.8) is 0 Å². The van der Waals surface area contributed by atoms with E-state index in [1.807, 2.05) is 48.9 Å². The molecule has 1 N–H and O–H groups in total. The van der Waals surface area contributed by atoms with Crippen LogP contribution in [0.1, 0.15) is 27.9 Å². The quantitative estimate of drug-likeness (QED) is 0.799. The zero-order valence-electron chi connectivity index (χ0n) is 11.3. The van der Waals surface area contributed by atoms with Crippen LogP contribution >= 0.6 is 11.3 Å². The smallest absolute Gasteiger partial charge is 0.346 e. The van der Waals surface area contributed by atoms with Crippen molar-refractivity contribution in [2.24, 2.45) is 0 Å². The lowest BCUT2D eigenvalue weighted by Crippen LogP contribution is -1.97. The Hall–Kier alpha value is -2.14. The molecule has 0 saturated heterocycles. The second kappa shape index (κ2) is 4.76. The molecule has 0 unspecified atom stereocenters. The first-order valence-corrected chi connectivity index (χ1v) is 7.24. The SMILES string of the molecule is CCc1nn(-c2ccccc2)c2sc(C(=O)O)c(C)c12. The van der Waals surface area contributed by atoms with Gasteiger partial charge in [0.15, 0.2) is 0 Å². The van der Waals surface area contributed by atoms with Gasteiger partial charge in [-0.05, 0) is 31.0 Å². The summed E-state index contributed by atoms with van der Waals surface area (Å²) in [5.41, 5.74) is 2.72. The molecule has 20 heavy (non-hydrogen) atoms. The number of carbonyl (C=O) groups is 1. The topological polar surface area (TPSA) is 55.1 Å². The number of hydrogen-bond acceptors (Lipinski definition) is 3. The van der Waals surface area contributed by atoms with Gasteiger partial charge in [0.25, 0.3) is 0 Å². The van der Waals surface area contributed by atoms with Gasteiger partial charge in [-0.1, -0.05) is 25.1 Å². The second-order valence-corrected chi connectivity index (χ2v) is 5.59. The summed E-state index contributed by atoms with van der Waals surface area (Å²) in [6, 6.07) is 9.80. The van der Waals surface area contributed by atoms with Crippen LogP contribution in [0.3, 0.4) is 0 Å². The Morgan fingerprint density at radius 1 is 1.35 bits per heavy atom. The number of para-hydroxylation sites is 1. The van der Waals surface area contributed by atoms with Crippen LogP contribution in [0.4, 0.5) is 0 Å². The lowest BCUT2D eigenvalue weighted by molar-refractivity contribution is 0.0701. The van der Waals surface area contributed by atoms with E-state index in [1.165, 1.54) is 11.3 Å². The van der Waals surface area contributed by atoms with Crippen molar-refractivity contribution in [2.75, 3.05) is 0 Å². The van der Waals surface area contributed by atoms with Gasteiger partial charge in [-0.2, -0.15) is 5.10 Å². The standard InChI is InChI=1S/C15H14N2O2S/c1-3-11-12-9(2)13(15(18)19)20-14(12)17(16-11)10-7-5-4-6-8-10/h4-8H,3H2,1-2H3,(H,18,19). The van der Waals surface area contributed by atoms with Crippen LogP contribution < -0.4 is 0 Å². The Morgan fingerprint density at radius 3 is 2.65 bits per heavy atom. The van der Waals surface area contributed by atoms with Crippen molar-refractivity contribution in [1.29, 1.82) is 0 Å². The number of aromatic carboxylic acids is 1. The predicted octanol–water partition coefficient (Wildman–Crippen LogP) is 3.66. The van der Waals surface area contributed by atoms with E-state index < -0.39 is 5.97 Å². The highest BCUT2D eigenvalue weighted by Crippen LogP contribution is 2.35. The van der Waals surface area contributed by atoms with E-state index in [0.717, 1.165) is 33.6 Å². The molecule has 3 rings (SSSR count). The normalized spacial score (nSPS) is 11.1. The van der Waals surface area contributed by atoms with E-state index in [9.17, 15) is 9.90 Å². The Kier molecular flexibility index (Phi) is 3.06. The average molecular weight is 286 g/mol. The number of rotatable bonds is 3. The monoisotopic (exact) mass is 286 g/mol. The first-order chi connectivity index (χ1) is 9.63. The summed E-state index contributed by atoms with van der Waals surface area (Å²) in [6.07, 6.45) is 0.785. The zero-order valence-corrected chi connectivity index (χ0v) is 12.1. The fraction of sp³-hybridized carbons (Fsp3) is 0.200. The molecule has 1 aromatic carbocycles. The summed E-state index contributed by atoms with van der Waals surface area (Å²) in [4.78, 5) is 12.6. The first kappa shape index (κ1) is 12.9. The third-order valence-electron chi connectivity index (χ3n) is 3.36. The molecule has 0 bridgehead atoms. The van der Waals surface area contributed by atoms with Crippen LogP contribution in [0.25, 0.3) is 15.9 Å². The third kappa shape index (κ3) is 1.82. The fourth-order valence-electron chi connectivity index (χ4n) is 2.40. The summed E-state index contributed by atoms with van der Waals surface area (Å²) in [5, 5.41) is 14.9. The molecule has 0 atom stereocenters. The Labute approximate surface area is 120 Å². The minimum atomic E-state index is -0.870. The minimum absolute atomic E-state index is 0.400.